The van der Waals surface area contributed by atoms with Gasteiger partial charge in [-0.05, 0) is 114 Å². The van der Waals surface area contributed by atoms with Crippen LogP contribution in [-0.2, 0) is 25.7 Å². The molecule has 0 amide bonds. The molecule has 6 aromatic rings. The Morgan fingerprint density at radius 3 is 0.875 bits per heavy atom. The first kappa shape index (κ1) is 58.6. The van der Waals surface area contributed by atoms with Gasteiger partial charge in [-0.3, -0.25) is 0 Å². The second kappa shape index (κ2) is 23.0. The molecule has 0 saturated heterocycles. The molecule has 0 unspecified atom stereocenters. The first-order chi connectivity index (χ1) is 42.3. The molecule has 0 atom stereocenters. The van der Waals surface area contributed by atoms with Crippen LogP contribution in [0.5, 0.6) is 0 Å². The zero-order chi connectivity index (χ0) is 63.7. The highest BCUT2D eigenvalue weighted by molar-refractivity contribution is 5.98. The number of pyridine rings is 2. The number of hydrogen-bond donors (Lipinski definition) is 0. The molecule has 2 aromatic heterocycles. The summed E-state index contributed by atoms with van der Waals surface area (Å²) >= 11 is 0. The first-order valence-corrected chi connectivity index (χ1v) is 24.3. The van der Waals surface area contributed by atoms with E-state index in [2.05, 4.69) is 39.0 Å². The van der Waals surface area contributed by atoms with Crippen molar-refractivity contribution in [2.45, 2.75) is 25.7 Å². The molecule has 10 rings (SSSR count). The normalized spacial score (nSPS) is 12.5. The Bertz CT molecular complexity index is 5000. The first-order valence-electron chi connectivity index (χ1n) is 24.3. The Balaban J connectivity index is 0.000000210. The average molecular weight is 1160 g/mol. The summed E-state index contributed by atoms with van der Waals surface area (Å²) in [6.07, 6.45) is -1.33. The molecule has 88 heavy (non-hydrogen) atoms. The van der Waals surface area contributed by atoms with Crippen LogP contribution in [0.1, 0.15) is 33.4 Å². The molecule has 4 aliphatic rings. The van der Waals surface area contributed by atoms with Crippen LogP contribution in [0.25, 0.3) is 96.1 Å². The highest BCUT2D eigenvalue weighted by atomic mass is 19.2. The van der Waals surface area contributed by atoms with Crippen molar-refractivity contribution in [3.63, 3.8) is 0 Å². The van der Waals surface area contributed by atoms with Crippen molar-refractivity contribution in [2.75, 3.05) is 0 Å². The summed E-state index contributed by atoms with van der Waals surface area (Å²) in [5.41, 5.74) is -4.39. The predicted molar refractivity (Wildman–Crippen MR) is 288 cm³/mol. The quantitative estimate of drug-likeness (QED) is 0.0700. The third-order valence-corrected chi connectivity index (χ3v) is 14.4. The van der Waals surface area contributed by atoms with Gasteiger partial charge in [-0.1, -0.05) is 0 Å². The summed E-state index contributed by atoms with van der Waals surface area (Å²) < 4.78 is 118. The van der Waals surface area contributed by atoms with E-state index < -0.39 is 81.0 Å². The molecule has 4 aromatic carbocycles. The fourth-order valence-corrected chi connectivity index (χ4v) is 11.2. The van der Waals surface area contributed by atoms with Crippen molar-refractivity contribution < 1.29 is 35.1 Å². The topological polar surface area (TPSA) is 242 Å². The fourth-order valence-electron chi connectivity index (χ4n) is 11.2. The number of fused-ring (bicyclic) bond motifs is 4. The highest BCUT2D eigenvalue weighted by Gasteiger charge is 2.39. The summed E-state index contributed by atoms with van der Waals surface area (Å²) in [7, 11) is 0. The second-order valence-corrected chi connectivity index (χ2v) is 18.6. The Labute approximate surface area is 490 Å². The molecule has 2 heterocycles. The van der Waals surface area contributed by atoms with Gasteiger partial charge in [0.25, 0.3) is 0 Å². The molecular weight excluding hydrogens is 1140 g/mol. The Morgan fingerprint density at radius 2 is 0.625 bits per heavy atom. The summed E-state index contributed by atoms with van der Waals surface area (Å²) in [5.74, 6) is -10.9. The number of allylic oxidation sites excluding steroid dienone is 4. The molecule has 24 heteroatoms. The van der Waals surface area contributed by atoms with Crippen molar-refractivity contribution in [3.05, 3.63) is 263 Å². The molecule has 0 N–H and O–H groups in total. The maximum absolute atomic E-state index is 15.1. The lowest BCUT2D eigenvalue weighted by atomic mass is 9.86. The molecular formula is C64H16F8N16. The van der Waals surface area contributed by atoms with Gasteiger partial charge in [-0.2, -0.15) is 89.0 Å². The van der Waals surface area contributed by atoms with Crippen LogP contribution in [0, 0.1) is 177 Å². The van der Waals surface area contributed by atoms with Gasteiger partial charge in [0.2, 0.25) is 23.8 Å². The van der Waals surface area contributed by atoms with Crippen LogP contribution in [0.3, 0.4) is 0 Å². The van der Waals surface area contributed by atoms with Crippen LogP contribution in [0.2, 0.25) is 0 Å². The van der Waals surface area contributed by atoms with E-state index in [1.165, 1.54) is 12.1 Å². The molecule has 0 fully saturated rings. The highest BCUT2D eigenvalue weighted by Crippen LogP contribution is 2.43. The Kier molecular flexibility index (Phi) is 15.3. The van der Waals surface area contributed by atoms with E-state index in [0.29, 0.717) is 0 Å². The lowest BCUT2D eigenvalue weighted by Crippen LogP contribution is -2.24. The van der Waals surface area contributed by atoms with E-state index in [0.717, 1.165) is 48.5 Å². The van der Waals surface area contributed by atoms with E-state index >= 15 is 17.6 Å². The smallest absolute Gasteiger partial charge is 0.238 e. The van der Waals surface area contributed by atoms with Crippen LogP contribution >= 0.6 is 0 Å². The van der Waals surface area contributed by atoms with Crippen molar-refractivity contribution in [3.8, 4) is 93.1 Å². The van der Waals surface area contributed by atoms with Crippen LogP contribution in [0.4, 0.5) is 35.1 Å². The number of rotatable bonds is 4. The fraction of sp³-hybridized carbons (Fsp3) is 0.0625. The van der Waals surface area contributed by atoms with Gasteiger partial charge in [0, 0.05) is 58.7 Å². The largest absolute Gasteiger partial charge is 0.512 e. The Hall–Kier alpha value is -14.1. The van der Waals surface area contributed by atoms with Gasteiger partial charge >= 0.3 is 11.6 Å². The number of aromatic nitrogens is 2. The number of halogens is 8. The van der Waals surface area contributed by atoms with Gasteiger partial charge in [0.05, 0.1) is 35.4 Å². The minimum absolute atomic E-state index is 0.0182. The van der Waals surface area contributed by atoms with Crippen molar-refractivity contribution in [1.82, 2.24) is 9.97 Å². The van der Waals surface area contributed by atoms with Gasteiger partial charge in [-0.15, -0.1) is 0 Å². The van der Waals surface area contributed by atoms with Crippen LogP contribution in [-0.4, -0.2) is 9.97 Å². The molecule has 0 bridgehead atoms. The number of nitrogens with zero attached hydrogens (tertiary/aromatic N) is 16. The monoisotopic (exact) mass is 1160 g/mol. The number of hydrogen-bond acceptors (Lipinski definition) is 10. The third kappa shape index (κ3) is 9.23. The van der Waals surface area contributed by atoms with Crippen molar-refractivity contribution >= 4 is 22.5 Å². The minimum Gasteiger partial charge on any atom is -0.238 e. The molecule has 0 aliphatic heterocycles. The summed E-state index contributed by atoms with van der Waals surface area (Å²) in [5, 5.41) is 77.6. The van der Waals surface area contributed by atoms with Gasteiger partial charge in [0.15, 0.2) is 11.4 Å². The summed E-state index contributed by atoms with van der Waals surface area (Å²) in [6, 6.07) is 20.3. The maximum Gasteiger partial charge on any atom is 0.512 e. The Morgan fingerprint density at radius 1 is 0.364 bits per heavy atom. The molecule has 16 nitrogen and oxygen atoms in total. The van der Waals surface area contributed by atoms with E-state index in [1.54, 1.807) is 24.3 Å². The summed E-state index contributed by atoms with van der Waals surface area (Å²) in [4.78, 5) is 26.1. The van der Waals surface area contributed by atoms with E-state index in [9.17, 15) is 59.7 Å². The molecule has 408 valence electrons. The van der Waals surface area contributed by atoms with E-state index in [1.807, 2.05) is 12.1 Å². The predicted octanol–water partition coefficient (Wildman–Crippen LogP) is 10.1. The number of nitriles is 8. The van der Waals surface area contributed by atoms with Gasteiger partial charge in [-0.25, -0.2) is 27.3 Å². The standard InChI is InChI=1S/C34H8F4N8.C30H8F4N8/c1-44-33-21(34(45-2)46-3)9-20-29(15-4-25(35)23(13-42)26(36)5-15)31-19(8-18(22(31)12-41)17(10-39)11-40)30(32(20)33)16-6-27(37)24(14-43)28(38)7-16;1-38-29-19(30(39-2)40-3)9-18-25(13-4-21(31)41-22(32)5-13)27-17(8-16(20(27)12-37)15(10-35)11-36)26(28(18)29)14-6-23(33)42-24(34)7-14/h4-7H,8-9H2;4-7H,8-9H2. The van der Waals surface area contributed by atoms with Crippen molar-refractivity contribution in [2.24, 2.45) is 0 Å². The van der Waals surface area contributed by atoms with E-state index in [4.69, 9.17) is 39.4 Å². The molecule has 0 radical (unpaired) electrons. The van der Waals surface area contributed by atoms with Crippen LogP contribution < -0.4 is 20.9 Å². The molecule has 0 saturated carbocycles. The average Bonchev–Trinajstić information content (AvgIpc) is 1.54. The zero-order valence-corrected chi connectivity index (χ0v) is 43.6. The zero-order valence-electron chi connectivity index (χ0n) is 43.6. The lowest BCUT2D eigenvalue weighted by Gasteiger charge is -2.17. The summed E-state index contributed by atoms with van der Waals surface area (Å²) in [6.45, 7) is 45.9. The second-order valence-electron chi connectivity index (χ2n) is 18.6. The van der Waals surface area contributed by atoms with Gasteiger partial charge < -0.3 is 0 Å². The van der Waals surface area contributed by atoms with E-state index in [-0.39, 0.29) is 158 Å². The minimum atomic E-state index is -1.27. The van der Waals surface area contributed by atoms with Crippen molar-refractivity contribution in [1.29, 1.82) is 42.1 Å². The SMILES string of the molecule is [C-]#[N+]C([N+]#[C-])=C1Cc2c(-c3cc(F)c(C#N)c(F)c3)c3c(c(-c4cc(F)c(C#N)c(F)c4)c2=C1[N+]#[C-])CC(=C(C#N)C#N)C=3C#N.[C-]#[N+]C([N+]#[C-])=C1Cc2c(-c3cc(F)nc(F)c3)c3c(c(-c4cc(F)nc(F)c4)c2=C1[N+]#[C-])CC(=C(C#N)C#N)C=3C#N. The lowest BCUT2D eigenvalue weighted by molar-refractivity contribution is 0.512. The third-order valence-electron chi connectivity index (χ3n) is 14.4. The number of benzene rings is 4. The van der Waals surface area contributed by atoms with Crippen LogP contribution in [0.15, 0.2) is 93.6 Å². The molecule has 0 spiro atoms. The molecule has 4 aliphatic carbocycles. The maximum atomic E-state index is 15.1. The van der Waals surface area contributed by atoms with Gasteiger partial charge in [0.1, 0.15) is 120 Å².